The molecule has 3 N–H and O–H groups in total. The molecule has 0 bridgehead atoms. The van der Waals surface area contributed by atoms with Crippen LogP contribution in [0, 0.1) is 11.3 Å². The maximum atomic E-state index is 13.5. The second-order valence-corrected chi connectivity index (χ2v) is 7.87. The van der Waals surface area contributed by atoms with E-state index in [9.17, 15) is 14.9 Å². The standard InChI is InChI=1S/C18H15BrN4O3/c1-17(2)13-12(15(24)26-17)18(10(7-20)14(21)22-13)9-6-8(19)4-5-11(9)23(3)16(18)25/h4-6,22H,21H2,1-3H3/t18-/m1/s1. The summed E-state index contributed by atoms with van der Waals surface area (Å²) in [5.41, 5.74) is 5.21. The highest BCUT2D eigenvalue weighted by molar-refractivity contribution is 9.10. The summed E-state index contributed by atoms with van der Waals surface area (Å²) in [6.07, 6.45) is 0. The van der Waals surface area contributed by atoms with Gasteiger partial charge in [0.1, 0.15) is 22.9 Å². The molecular formula is C18H15BrN4O3. The number of dihydropyridines is 1. The summed E-state index contributed by atoms with van der Waals surface area (Å²) >= 11 is 3.41. The lowest BCUT2D eigenvalue weighted by Crippen LogP contribution is -2.49. The summed E-state index contributed by atoms with van der Waals surface area (Å²) in [4.78, 5) is 27.7. The highest BCUT2D eigenvalue weighted by Gasteiger charge is 2.64. The van der Waals surface area contributed by atoms with E-state index in [1.165, 1.54) is 4.90 Å². The van der Waals surface area contributed by atoms with Gasteiger partial charge in [0.15, 0.2) is 0 Å². The third-order valence-electron chi connectivity index (χ3n) is 5.14. The Morgan fingerprint density at radius 1 is 1.35 bits per heavy atom. The highest BCUT2D eigenvalue weighted by atomic mass is 79.9. The number of fused-ring (bicyclic) bond motifs is 3. The highest BCUT2D eigenvalue weighted by Crippen LogP contribution is 2.56. The van der Waals surface area contributed by atoms with E-state index in [2.05, 4.69) is 21.2 Å². The molecule has 0 saturated carbocycles. The Labute approximate surface area is 158 Å². The number of nitriles is 1. The van der Waals surface area contributed by atoms with E-state index in [4.69, 9.17) is 10.5 Å². The second kappa shape index (κ2) is 4.89. The lowest BCUT2D eigenvalue weighted by atomic mass is 9.67. The van der Waals surface area contributed by atoms with Crippen LogP contribution in [-0.2, 0) is 19.7 Å². The number of cyclic esters (lactones) is 1. The first kappa shape index (κ1) is 16.7. The SMILES string of the molecule is CN1C(=O)[C@@]2(C(C#N)=C(N)NC3=C2C(=O)OC3(C)C)c2cc(Br)ccc21. The monoisotopic (exact) mass is 414 g/mol. The first-order valence-electron chi connectivity index (χ1n) is 7.90. The molecule has 7 nitrogen and oxygen atoms in total. The van der Waals surface area contributed by atoms with E-state index in [0.29, 0.717) is 16.9 Å². The van der Waals surface area contributed by atoms with Crippen molar-refractivity contribution in [1.82, 2.24) is 5.32 Å². The molecule has 1 atom stereocenters. The van der Waals surface area contributed by atoms with Crippen molar-refractivity contribution >= 4 is 33.5 Å². The van der Waals surface area contributed by atoms with Gasteiger partial charge in [-0.3, -0.25) is 4.79 Å². The molecule has 0 aromatic heterocycles. The molecule has 4 rings (SSSR count). The van der Waals surface area contributed by atoms with Crippen LogP contribution in [0.15, 0.2) is 45.3 Å². The van der Waals surface area contributed by atoms with Gasteiger partial charge in [-0.2, -0.15) is 5.26 Å². The number of nitrogens with two attached hydrogens (primary N) is 1. The van der Waals surface area contributed by atoms with Gasteiger partial charge in [-0.15, -0.1) is 0 Å². The molecule has 132 valence electrons. The Bertz CT molecular complexity index is 1020. The summed E-state index contributed by atoms with van der Waals surface area (Å²) in [6, 6.07) is 7.36. The van der Waals surface area contributed by atoms with Gasteiger partial charge in [0, 0.05) is 22.8 Å². The van der Waals surface area contributed by atoms with Gasteiger partial charge in [0.2, 0.25) is 5.91 Å². The number of anilines is 1. The Kier molecular flexibility index (Phi) is 3.13. The lowest BCUT2D eigenvalue weighted by Gasteiger charge is -2.34. The third kappa shape index (κ3) is 1.71. The maximum Gasteiger partial charge on any atom is 0.338 e. The molecule has 3 aliphatic heterocycles. The quantitative estimate of drug-likeness (QED) is 0.623. The number of nitrogens with one attached hydrogen (secondary N) is 1. The van der Waals surface area contributed by atoms with Crippen LogP contribution in [0.1, 0.15) is 19.4 Å². The summed E-state index contributed by atoms with van der Waals surface area (Å²) in [5, 5.41) is 12.8. The zero-order valence-electron chi connectivity index (χ0n) is 14.3. The van der Waals surface area contributed by atoms with Crippen molar-refractivity contribution in [3.8, 4) is 6.07 Å². The van der Waals surface area contributed by atoms with E-state index < -0.39 is 22.9 Å². The molecule has 0 radical (unpaired) electrons. The number of carbonyl (C=O) groups excluding carboxylic acids is 2. The molecule has 0 aliphatic carbocycles. The third-order valence-corrected chi connectivity index (χ3v) is 5.64. The molecule has 26 heavy (non-hydrogen) atoms. The van der Waals surface area contributed by atoms with Crippen LogP contribution in [0.3, 0.4) is 0 Å². The maximum absolute atomic E-state index is 13.5. The van der Waals surface area contributed by atoms with E-state index in [1.54, 1.807) is 39.1 Å². The first-order chi connectivity index (χ1) is 12.2. The van der Waals surface area contributed by atoms with Gasteiger partial charge in [0.25, 0.3) is 0 Å². The molecule has 1 aromatic rings. The first-order valence-corrected chi connectivity index (χ1v) is 8.69. The van der Waals surface area contributed by atoms with Gasteiger partial charge < -0.3 is 20.7 Å². The summed E-state index contributed by atoms with van der Waals surface area (Å²) in [5.74, 6) is -0.992. The molecule has 8 heteroatoms. The number of carbonyl (C=O) groups is 2. The van der Waals surface area contributed by atoms with E-state index in [1.807, 2.05) is 6.07 Å². The predicted molar refractivity (Wildman–Crippen MR) is 96.4 cm³/mol. The molecule has 1 spiro atoms. The number of hydrogen-bond donors (Lipinski definition) is 2. The zero-order chi connectivity index (χ0) is 19.0. The van der Waals surface area contributed by atoms with E-state index in [-0.39, 0.29) is 17.0 Å². The summed E-state index contributed by atoms with van der Waals surface area (Å²) in [6.45, 7) is 3.42. The number of benzene rings is 1. The van der Waals surface area contributed by atoms with Crippen LogP contribution in [0.5, 0.6) is 0 Å². The largest absolute Gasteiger partial charge is 0.450 e. The number of amides is 1. The second-order valence-electron chi connectivity index (χ2n) is 6.95. The predicted octanol–water partition coefficient (Wildman–Crippen LogP) is 1.55. The molecule has 0 fully saturated rings. The molecule has 0 saturated heterocycles. The number of esters is 1. The van der Waals surface area contributed by atoms with Crippen molar-refractivity contribution in [1.29, 1.82) is 5.26 Å². The minimum absolute atomic E-state index is 0.000370. The molecule has 0 unspecified atom stereocenters. The van der Waals surface area contributed by atoms with Crippen LogP contribution in [0.4, 0.5) is 5.69 Å². The van der Waals surface area contributed by atoms with Crippen molar-refractivity contribution in [3.05, 3.63) is 50.9 Å². The number of ether oxygens (including phenoxy) is 1. The van der Waals surface area contributed by atoms with Crippen molar-refractivity contribution in [2.45, 2.75) is 24.9 Å². The van der Waals surface area contributed by atoms with E-state index in [0.717, 1.165) is 4.47 Å². The van der Waals surface area contributed by atoms with Crippen molar-refractivity contribution in [2.75, 3.05) is 11.9 Å². The van der Waals surface area contributed by atoms with Gasteiger partial charge in [-0.25, -0.2) is 4.79 Å². The van der Waals surface area contributed by atoms with Crippen molar-refractivity contribution < 1.29 is 14.3 Å². The van der Waals surface area contributed by atoms with Crippen molar-refractivity contribution in [3.63, 3.8) is 0 Å². The smallest absolute Gasteiger partial charge is 0.338 e. The minimum atomic E-state index is -1.61. The lowest BCUT2D eigenvalue weighted by molar-refractivity contribution is -0.145. The molecule has 1 aromatic carbocycles. The fourth-order valence-electron chi connectivity index (χ4n) is 4.02. The van der Waals surface area contributed by atoms with E-state index >= 15 is 0 Å². The minimum Gasteiger partial charge on any atom is -0.450 e. The van der Waals surface area contributed by atoms with Crippen LogP contribution in [-0.4, -0.2) is 24.5 Å². The fraction of sp³-hybridized carbons (Fsp3) is 0.278. The Morgan fingerprint density at radius 2 is 2.04 bits per heavy atom. The molecule has 3 heterocycles. The number of hydrogen-bond acceptors (Lipinski definition) is 6. The Balaban J connectivity index is 2.18. The zero-order valence-corrected chi connectivity index (χ0v) is 15.9. The van der Waals surface area contributed by atoms with Gasteiger partial charge in [-0.1, -0.05) is 15.9 Å². The van der Waals surface area contributed by atoms with Crippen molar-refractivity contribution in [2.24, 2.45) is 5.73 Å². The molecule has 1 amide bonds. The molecule has 3 aliphatic rings. The van der Waals surface area contributed by atoms with Crippen LogP contribution >= 0.6 is 15.9 Å². The Hall–Kier alpha value is -2.79. The number of likely N-dealkylation sites (N-methyl/N-ethyl adjacent to an activating group) is 1. The fourth-order valence-corrected chi connectivity index (χ4v) is 4.38. The summed E-state index contributed by atoms with van der Waals surface area (Å²) in [7, 11) is 1.61. The summed E-state index contributed by atoms with van der Waals surface area (Å²) < 4.78 is 6.23. The van der Waals surface area contributed by atoms with Crippen LogP contribution < -0.4 is 16.0 Å². The van der Waals surface area contributed by atoms with Crippen LogP contribution in [0.25, 0.3) is 0 Å². The molecular weight excluding hydrogens is 400 g/mol. The van der Waals surface area contributed by atoms with Gasteiger partial charge in [-0.05, 0) is 32.0 Å². The average molecular weight is 415 g/mol. The number of halogens is 1. The Morgan fingerprint density at radius 3 is 2.69 bits per heavy atom. The normalized spacial score (nSPS) is 25.9. The van der Waals surface area contributed by atoms with Crippen LogP contribution in [0.2, 0.25) is 0 Å². The number of nitrogens with zero attached hydrogens (tertiary/aromatic N) is 2. The van der Waals surface area contributed by atoms with Gasteiger partial charge in [0.05, 0.1) is 16.8 Å². The average Bonchev–Trinajstić information content (AvgIpc) is 2.91. The van der Waals surface area contributed by atoms with Gasteiger partial charge >= 0.3 is 5.97 Å². The topological polar surface area (TPSA) is 108 Å². The number of rotatable bonds is 0.